The molecule has 1 heterocycles. The van der Waals surface area contributed by atoms with Crippen LogP contribution < -0.4 is 5.32 Å². The van der Waals surface area contributed by atoms with Crippen LogP contribution in [0.15, 0.2) is 60.7 Å². The van der Waals surface area contributed by atoms with Gasteiger partial charge in [-0.2, -0.15) is 4.80 Å². The number of carbonyl (C=O) groups is 1. The highest BCUT2D eigenvalue weighted by Gasteiger charge is 2.13. The highest BCUT2D eigenvalue weighted by atomic mass is 16.6. The Morgan fingerprint density at radius 3 is 2.31 bits per heavy atom. The average Bonchev–Trinajstić information content (AvgIpc) is 3.21. The number of nitrogens with one attached hydrogen (secondary N) is 1. The number of carbonyl (C=O) groups excluding carboxylic acids is 1. The van der Waals surface area contributed by atoms with Crippen molar-refractivity contribution in [1.29, 1.82) is 0 Å². The zero-order valence-electron chi connectivity index (χ0n) is 17.9. The number of non-ortho nitro benzene ring substituents is 1. The number of anilines is 1. The molecule has 32 heavy (non-hydrogen) atoms. The number of rotatable bonds is 7. The lowest BCUT2D eigenvalue weighted by Gasteiger charge is -2.08. The van der Waals surface area contributed by atoms with Crippen LogP contribution in [0.5, 0.6) is 0 Å². The molecule has 0 aliphatic heterocycles. The predicted octanol–water partition coefficient (Wildman–Crippen LogP) is 5.23. The van der Waals surface area contributed by atoms with Gasteiger partial charge in [-0.3, -0.25) is 14.9 Å². The second kappa shape index (κ2) is 8.97. The molecule has 0 unspecified atom stereocenters. The summed E-state index contributed by atoms with van der Waals surface area (Å²) in [7, 11) is 0. The van der Waals surface area contributed by atoms with Gasteiger partial charge in [-0.25, -0.2) is 0 Å². The van der Waals surface area contributed by atoms with Gasteiger partial charge in [0.15, 0.2) is 0 Å². The first-order valence-corrected chi connectivity index (χ1v) is 10.5. The van der Waals surface area contributed by atoms with Crippen LogP contribution in [-0.2, 0) is 6.42 Å². The highest BCUT2D eigenvalue weighted by molar-refractivity contribution is 6.05. The van der Waals surface area contributed by atoms with E-state index in [0.717, 1.165) is 36.0 Å². The largest absolute Gasteiger partial charge is 0.322 e. The number of benzene rings is 3. The zero-order valence-corrected chi connectivity index (χ0v) is 17.9. The third-order valence-electron chi connectivity index (χ3n) is 5.30. The fourth-order valence-corrected chi connectivity index (χ4v) is 3.42. The van der Waals surface area contributed by atoms with E-state index in [-0.39, 0.29) is 11.6 Å². The molecule has 1 aromatic heterocycles. The molecule has 3 aromatic carbocycles. The molecule has 4 aromatic rings. The quantitative estimate of drug-likeness (QED) is 0.320. The SMILES string of the molecule is CCCCc1ccc(-n2nc3cc(C)c(NC(=O)c4ccc([N+](=O)[O-])cc4)cc3n2)cc1. The molecule has 0 bridgehead atoms. The van der Waals surface area contributed by atoms with Gasteiger partial charge in [-0.05, 0) is 67.3 Å². The molecule has 0 spiro atoms. The number of hydrogen-bond acceptors (Lipinski definition) is 5. The number of hydrogen-bond donors (Lipinski definition) is 1. The fourth-order valence-electron chi connectivity index (χ4n) is 3.42. The van der Waals surface area contributed by atoms with Gasteiger partial charge in [0.2, 0.25) is 0 Å². The van der Waals surface area contributed by atoms with E-state index in [9.17, 15) is 14.9 Å². The molecule has 0 radical (unpaired) electrons. The molecule has 1 N–H and O–H groups in total. The zero-order chi connectivity index (χ0) is 22.7. The third kappa shape index (κ3) is 4.49. The average molecular weight is 429 g/mol. The van der Waals surface area contributed by atoms with Crippen LogP contribution in [0.3, 0.4) is 0 Å². The summed E-state index contributed by atoms with van der Waals surface area (Å²) >= 11 is 0. The van der Waals surface area contributed by atoms with Gasteiger partial charge in [-0.15, -0.1) is 10.2 Å². The number of unbranched alkanes of at least 4 members (excludes halogenated alkanes) is 1. The Balaban J connectivity index is 1.55. The van der Waals surface area contributed by atoms with Crippen LogP contribution in [0.2, 0.25) is 0 Å². The molecular weight excluding hydrogens is 406 g/mol. The van der Waals surface area contributed by atoms with Crippen molar-refractivity contribution >= 4 is 28.3 Å². The van der Waals surface area contributed by atoms with Crippen LogP contribution in [0, 0.1) is 17.0 Å². The molecule has 0 saturated heterocycles. The monoisotopic (exact) mass is 429 g/mol. The normalized spacial score (nSPS) is 10.9. The summed E-state index contributed by atoms with van der Waals surface area (Å²) in [5.74, 6) is -0.350. The van der Waals surface area contributed by atoms with Crippen molar-refractivity contribution in [1.82, 2.24) is 15.0 Å². The second-order valence-electron chi connectivity index (χ2n) is 7.67. The number of nitro groups is 1. The second-order valence-corrected chi connectivity index (χ2v) is 7.67. The molecule has 0 saturated carbocycles. The maximum absolute atomic E-state index is 12.6. The van der Waals surface area contributed by atoms with Crippen LogP contribution in [-0.4, -0.2) is 25.8 Å². The van der Waals surface area contributed by atoms with Gasteiger partial charge in [0, 0.05) is 23.4 Å². The number of nitrogens with zero attached hydrogens (tertiary/aromatic N) is 4. The number of fused-ring (bicyclic) bond motifs is 1. The summed E-state index contributed by atoms with van der Waals surface area (Å²) in [6, 6.07) is 17.4. The van der Waals surface area contributed by atoms with Crippen molar-refractivity contribution in [2.75, 3.05) is 5.32 Å². The molecule has 8 nitrogen and oxygen atoms in total. The lowest BCUT2D eigenvalue weighted by Crippen LogP contribution is -2.12. The molecule has 0 aliphatic rings. The number of nitro benzene ring substituents is 1. The first-order chi connectivity index (χ1) is 15.4. The Labute approximate surface area is 185 Å². The minimum atomic E-state index is -0.498. The van der Waals surface area contributed by atoms with Crippen molar-refractivity contribution in [3.8, 4) is 5.69 Å². The maximum atomic E-state index is 12.6. The van der Waals surface area contributed by atoms with Gasteiger partial charge in [0.1, 0.15) is 11.0 Å². The Hall–Kier alpha value is -4.07. The van der Waals surface area contributed by atoms with Gasteiger partial charge >= 0.3 is 0 Å². The first-order valence-electron chi connectivity index (χ1n) is 10.5. The van der Waals surface area contributed by atoms with E-state index in [1.54, 1.807) is 10.9 Å². The van der Waals surface area contributed by atoms with Crippen molar-refractivity contribution in [3.63, 3.8) is 0 Å². The number of amides is 1. The molecule has 8 heteroatoms. The van der Waals surface area contributed by atoms with Crippen molar-refractivity contribution in [2.24, 2.45) is 0 Å². The summed E-state index contributed by atoms with van der Waals surface area (Å²) in [6.45, 7) is 4.06. The molecular formula is C24H23N5O3. The van der Waals surface area contributed by atoms with Crippen LogP contribution >= 0.6 is 0 Å². The molecule has 0 atom stereocenters. The van der Waals surface area contributed by atoms with Crippen LogP contribution in [0.4, 0.5) is 11.4 Å². The summed E-state index contributed by atoms with van der Waals surface area (Å²) in [6.07, 6.45) is 3.38. The van der Waals surface area contributed by atoms with Gasteiger partial charge < -0.3 is 5.32 Å². The van der Waals surface area contributed by atoms with Crippen molar-refractivity contribution in [2.45, 2.75) is 33.1 Å². The molecule has 0 aliphatic carbocycles. The van der Waals surface area contributed by atoms with Gasteiger partial charge in [-0.1, -0.05) is 25.5 Å². The first kappa shape index (κ1) is 21.2. The summed E-state index contributed by atoms with van der Waals surface area (Å²) < 4.78 is 0. The fraction of sp³-hybridized carbons (Fsp3) is 0.208. The lowest BCUT2D eigenvalue weighted by molar-refractivity contribution is -0.384. The van der Waals surface area contributed by atoms with E-state index in [1.807, 2.05) is 25.1 Å². The molecule has 1 amide bonds. The van der Waals surface area contributed by atoms with E-state index in [4.69, 9.17) is 0 Å². The predicted molar refractivity (Wildman–Crippen MR) is 123 cm³/mol. The van der Waals surface area contributed by atoms with E-state index in [0.29, 0.717) is 16.8 Å². The number of aryl methyl sites for hydroxylation is 2. The molecule has 162 valence electrons. The van der Waals surface area contributed by atoms with E-state index in [2.05, 4.69) is 34.6 Å². The van der Waals surface area contributed by atoms with E-state index >= 15 is 0 Å². The minimum absolute atomic E-state index is 0.0610. The van der Waals surface area contributed by atoms with E-state index in [1.165, 1.54) is 29.8 Å². The topological polar surface area (TPSA) is 103 Å². The smallest absolute Gasteiger partial charge is 0.269 e. The summed E-state index contributed by atoms with van der Waals surface area (Å²) in [4.78, 5) is 24.5. The Bertz CT molecular complexity index is 1280. The van der Waals surface area contributed by atoms with Gasteiger partial charge in [0.25, 0.3) is 11.6 Å². The lowest BCUT2D eigenvalue weighted by atomic mass is 10.1. The summed E-state index contributed by atoms with van der Waals surface area (Å²) in [5.41, 5.74) is 5.28. The third-order valence-corrected chi connectivity index (χ3v) is 5.30. The minimum Gasteiger partial charge on any atom is -0.322 e. The van der Waals surface area contributed by atoms with E-state index < -0.39 is 4.92 Å². The summed E-state index contributed by atoms with van der Waals surface area (Å²) in [5, 5.41) is 22.8. The highest BCUT2D eigenvalue weighted by Crippen LogP contribution is 2.23. The van der Waals surface area contributed by atoms with Crippen molar-refractivity contribution < 1.29 is 9.72 Å². The van der Waals surface area contributed by atoms with Crippen molar-refractivity contribution in [3.05, 3.63) is 87.5 Å². The van der Waals surface area contributed by atoms with Gasteiger partial charge in [0.05, 0.1) is 10.6 Å². The standard InChI is InChI=1S/C24H23N5O3/c1-3-4-5-17-6-10-19(11-7-17)28-26-22-14-16(2)21(15-23(22)27-28)25-24(30)18-8-12-20(13-9-18)29(31)32/h6-15H,3-5H2,1-2H3,(H,25,30). The van der Waals surface area contributed by atoms with Crippen LogP contribution in [0.1, 0.15) is 41.3 Å². The maximum Gasteiger partial charge on any atom is 0.269 e. The Morgan fingerprint density at radius 2 is 1.69 bits per heavy atom. The Kier molecular flexibility index (Phi) is 5.93. The van der Waals surface area contributed by atoms with Crippen LogP contribution in [0.25, 0.3) is 16.7 Å². The molecule has 0 fully saturated rings. The Morgan fingerprint density at radius 1 is 1.03 bits per heavy atom. The molecule has 4 rings (SSSR count). The number of aromatic nitrogens is 3.